The van der Waals surface area contributed by atoms with Gasteiger partial charge in [0.05, 0.1) is 19.1 Å². The molecule has 5 nitrogen and oxygen atoms in total. The van der Waals surface area contributed by atoms with Crippen molar-refractivity contribution in [2.24, 2.45) is 11.8 Å². The fraction of sp³-hybridized carbons (Fsp3) is 0.438. The summed E-state index contributed by atoms with van der Waals surface area (Å²) >= 11 is 0. The minimum absolute atomic E-state index is 0.0570. The smallest absolute Gasteiger partial charge is 0.254 e. The molecule has 0 bridgehead atoms. The van der Waals surface area contributed by atoms with Crippen LogP contribution in [0.25, 0.3) is 0 Å². The van der Waals surface area contributed by atoms with Crippen LogP contribution >= 0.6 is 0 Å². The summed E-state index contributed by atoms with van der Waals surface area (Å²) in [7, 11) is 1.44. The number of methoxy groups -OCH3 is 1. The maximum Gasteiger partial charge on any atom is 0.254 e. The van der Waals surface area contributed by atoms with Crippen molar-refractivity contribution >= 4 is 17.5 Å². The number of carbonyl (C=O) groups is 2. The lowest BCUT2D eigenvalue weighted by atomic mass is 9.77. The molecule has 1 N–H and O–H groups in total. The summed E-state index contributed by atoms with van der Waals surface area (Å²) in [6.45, 7) is 10.8. The minimum Gasteiger partial charge on any atom is -0.494 e. The highest BCUT2D eigenvalue weighted by molar-refractivity contribution is 5.99. The quantitative estimate of drug-likeness (QED) is 0.470. The zero-order valence-electron chi connectivity index (χ0n) is 23.3. The van der Waals surface area contributed by atoms with Crippen LogP contribution in [0.1, 0.15) is 67.1 Å². The van der Waals surface area contributed by atoms with Crippen molar-refractivity contribution in [3.8, 4) is 0 Å². The fourth-order valence-electron chi connectivity index (χ4n) is 5.76. The summed E-state index contributed by atoms with van der Waals surface area (Å²) in [4.78, 5) is 29.7. The van der Waals surface area contributed by atoms with Crippen LogP contribution in [0.15, 0.2) is 66.2 Å². The Labute approximate surface area is 225 Å². The van der Waals surface area contributed by atoms with E-state index in [2.05, 4.69) is 32.2 Å². The summed E-state index contributed by atoms with van der Waals surface area (Å²) in [5.74, 6) is -1.24. The van der Waals surface area contributed by atoms with Gasteiger partial charge in [0.1, 0.15) is 11.6 Å². The van der Waals surface area contributed by atoms with Gasteiger partial charge in [0.2, 0.25) is 5.91 Å². The lowest BCUT2D eigenvalue weighted by Crippen LogP contribution is -2.55. The number of likely N-dealkylation sites (tertiary alicyclic amines) is 1. The second-order valence-electron chi connectivity index (χ2n) is 11.5. The summed E-state index contributed by atoms with van der Waals surface area (Å²) < 4.78 is 20.1. The van der Waals surface area contributed by atoms with E-state index in [1.807, 2.05) is 61.2 Å². The molecule has 2 aromatic carbocycles. The molecule has 202 valence electrons. The van der Waals surface area contributed by atoms with Crippen molar-refractivity contribution < 1.29 is 18.7 Å². The lowest BCUT2D eigenvalue weighted by molar-refractivity contribution is -0.123. The summed E-state index contributed by atoms with van der Waals surface area (Å²) in [5.41, 5.74) is 4.24. The van der Waals surface area contributed by atoms with Crippen molar-refractivity contribution in [1.82, 2.24) is 4.90 Å². The van der Waals surface area contributed by atoms with Gasteiger partial charge in [-0.25, -0.2) is 4.39 Å². The summed E-state index contributed by atoms with van der Waals surface area (Å²) in [6.07, 6.45) is 4.93. The van der Waals surface area contributed by atoms with Gasteiger partial charge < -0.3 is 15.0 Å². The topological polar surface area (TPSA) is 58.6 Å². The van der Waals surface area contributed by atoms with Gasteiger partial charge in [0.25, 0.3) is 5.91 Å². The summed E-state index contributed by atoms with van der Waals surface area (Å²) in [6, 6.07) is 13.2. The molecule has 1 saturated heterocycles. The van der Waals surface area contributed by atoms with Gasteiger partial charge >= 0.3 is 0 Å². The average molecular weight is 519 g/mol. The van der Waals surface area contributed by atoms with Gasteiger partial charge in [-0.3, -0.25) is 9.59 Å². The third-order valence-electron chi connectivity index (χ3n) is 7.81. The molecule has 2 unspecified atom stereocenters. The van der Waals surface area contributed by atoms with E-state index >= 15 is 0 Å². The van der Waals surface area contributed by atoms with Crippen LogP contribution in [0, 0.1) is 25.7 Å². The van der Waals surface area contributed by atoms with Crippen LogP contribution in [-0.4, -0.2) is 36.4 Å². The monoisotopic (exact) mass is 518 g/mol. The Morgan fingerprint density at radius 2 is 1.76 bits per heavy atom. The molecule has 1 aliphatic carbocycles. The van der Waals surface area contributed by atoms with Gasteiger partial charge in [-0.1, -0.05) is 57.2 Å². The molecule has 1 fully saturated rings. The number of aryl methyl sites for hydroxylation is 2. The third-order valence-corrected chi connectivity index (χ3v) is 7.81. The molecule has 1 heterocycles. The van der Waals surface area contributed by atoms with Crippen LogP contribution in [0.2, 0.25) is 0 Å². The maximum atomic E-state index is 15.0. The number of nitrogens with one attached hydrogen (secondary N) is 1. The third kappa shape index (κ3) is 5.69. The van der Waals surface area contributed by atoms with Crippen molar-refractivity contribution in [3.05, 3.63) is 88.5 Å². The maximum absolute atomic E-state index is 15.0. The van der Waals surface area contributed by atoms with Crippen LogP contribution in [-0.2, 0) is 14.9 Å². The van der Waals surface area contributed by atoms with Gasteiger partial charge in [0.15, 0.2) is 0 Å². The number of piperidine rings is 1. The molecule has 0 radical (unpaired) electrons. The zero-order chi connectivity index (χ0) is 27.6. The van der Waals surface area contributed by atoms with E-state index in [1.54, 1.807) is 6.08 Å². The Balaban J connectivity index is 1.69. The molecule has 38 heavy (non-hydrogen) atoms. The zero-order valence-corrected chi connectivity index (χ0v) is 23.3. The Morgan fingerprint density at radius 1 is 1.08 bits per heavy atom. The first-order valence-corrected chi connectivity index (χ1v) is 13.4. The van der Waals surface area contributed by atoms with Crippen LogP contribution < -0.4 is 5.32 Å². The van der Waals surface area contributed by atoms with Gasteiger partial charge in [-0.15, -0.1) is 0 Å². The number of anilines is 1. The Bertz CT molecular complexity index is 1250. The second kappa shape index (κ2) is 11.1. The van der Waals surface area contributed by atoms with Gasteiger partial charge in [-0.05, 0) is 67.0 Å². The van der Waals surface area contributed by atoms with E-state index in [1.165, 1.54) is 7.11 Å². The Hall–Kier alpha value is -3.41. The van der Waals surface area contributed by atoms with Crippen LogP contribution in [0.5, 0.6) is 0 Å². The highest BCUT2D eigenvalue weighted by Crippen LogP contribution is 2.38. The number of halogens is 1. The number of carbonyl (C=O) groups excluding carboxylic acids is 2. The van der Waals surface area contributed by atoms with E-state index < -0.39 is 12.0 Å². The normalized spacial score (nSPS) is 21.9. The molecule has 0 aromatic heterocycles. The van der Waals surface area contributed by atoms with E-state index in [4.69, 9.17) is 4.74 Å². The Morgan fingerprint density at radius 3 is 2.39 bits per heavy atom. The molecular weight excluding hydrogens is 479 g/mol. The molecule has 0 spiro atoms. The molecule has 0 saturated carbocycles. The number of nitrogens with zero attached hydrogens (tertiary/aromatic N) is 1. The molecule has 2 aliphatic rings. The number of rotatable bonds is 5. The molecule has 2 aromatic rings. The van der Waals surface area contributed by atoms with Crippen molar-refractivity contribution in [1.29, 1.82) is 0 Å². The van der Waals surface area contributed by atoms with Gasteiger partial charge in [-0.2, -0.15) is 0 Å². The molecular formula is C32H39FN2O3. The number of ether oxygens (including phenoxy) is 1. The number of amides is 2. The molecule has 1 aliphatic heterocycles. The van der Waals surface area contributed by atoms with Crippen molar-refractivity contribution in [2.45, 2.75) is 65.3 Å². The molecule has 6 heteroatoms. The highest BCUT2D eigenvalue weighted by atomic mass is 19.1. The number of allylic oxidation sites excluding steroid dienone is 2. The standard InChI is InChI=1S/C32H39FN2O3/c1-20-10-7-11-21(2)28(20)31(37)35-17-9-14-25(29(35)22-15-16-27(38-6)26(33)18-22)30(36)34-24-13-8-12-23(19-24)32(3,4)5/h7-8,10-13,15-16,19,22,25,29H,9,14,17-18H2,1-6H3,(H,34,36)/t22?,25?,29-/m0/s1. The number of benzene rings is 2. The SMILES string of the molecule is COC1=C(F)CC([C@H]2C(C(=O)Nc3cccc(C(C)(C)C)c3)CCCN2C(=O)c2c(C)cccc2C)C=C1. The highest BCUT2D eigenvalue weighted by Gasteiger charge is 2.44. The molecule has 3 atom stereocenters. The minimum atomic E-state index is -0.485. The largest absolute Gasteiger partial charge is 0.494 e. The molecule has 4 rings (SSSR count). The first-order chi connectivity index (χ1) is 18.0. The number of hydrogen-bond donors (Lipinski definition) is 1. The first-order valence-electron chi connectivity index (χ1n) is 13.4. The van der Waals surface area contributed by atoms with Crippen molar-refractivity contribution in [3.63, 3.8) is 0 Å². The Kier molecular flexibility index (Phi) is 8.10. The first kappa shape index (κ1) is 27.6. The second-order valence-corrected chi connectivity index (χ2v) is 11.5. The fourth-order valence-corrected chi connectivity index (χ4v) is 5.76. The van der Waals surface area contributed by atoms with Gasteiger partial charge in [0, 0.05) is 30.1 Å². The summed E-state index contributed by atoms with van der Waals surface area (Å²) in [5, 5.41) is 3.11. The molecule has 2 amide bonds. The van der Waals surface area contributed by atoms with E-state index in [9.17, 15) is 14.0 Å². The van der Waals surface area contributed by atoms with E-state index in [-0.39, 0.29) is 41.2 Å². The van der Waals surface area contributed by atoms with Crippen molar-refractivity contribution in [2.75, 3.05) is 19.0 Å². The van der Waals surface area contributed by atoms with Crippen LogP contribution in [0.4, 0.5) is 10.1 Å². The predicted octanol–water partition coefficient (Wildman–Crippen LogP) is 6.86. The lowest BCUT2D eigenvalue weighted by Gasteiger charge is -2.44. The number of hydrogen-bond acceptors (Lipinski definition) is 3. The van der Waals surface area contributed by atoms with Crippen LogP contribution in [0.3, 0.4) is 0 Å². The predicted molar refractivity (Wildman–Crippen MR) is 150 cm³/mol. The average Bonchev–Trinajstić information content (AvgIpc) is 2.87. The van der Waals surface area contributed by atoms with E-state index in [0.717, 1.165) is 22.4 Å². The van der Waals surface area contributed by atoms with E-state index in [0.29, 0.717) is 24.9 Å².